The minimum absolute atomic E-state index is 0.142. The molecule has 2 aromatic carbocycles. The highest BCUT2D eigenvalue weighted by Crippen LogP contribution is 2.28. The number of carbonyl (C=O) groups excluding carboxylic acids is 1. The monoisotopic (exact) mass is 298 g/mol. The van der Waals surface area contributed by atoms with E-state index in [-0.39, 0.29) is 11.6 Å². The molecule has 0 amide bonds. The van der Waals surface area contributed by atoms with Crippen LogP contribution in [0.3, 0.4) is 0 Å². The van der Waals surface area contributed by atoms with E-state index in [1.165, 1.54) is 43.5 Å². The van der Waals surface area contributed by atoms with Gasteiger partial charge in [-0.15, -0.1) is 0 Å². The summed E-state index contributed by atoms with van der Waals surface area (Å²) in [6.45, 7) is 2.02. The zero-order valence-electron chi connectivity index (χ0n) is 12.4. The van der Waals surface area contributed by atoms with Gasteiger partial charge in [0.25, 0.3) is 0 Å². The Bertz CT molecular complexity index is 676. The number of halogens is 1. The first-order chi connectivity index (χ1) is 10.6. The molecule has 0 radical (unpaired) electrons. The first kappa shape index (κ1) is 14.6. The fourth-order valence-electron chi connectivity index (χ4n) is 2.89. The molecule has 1 aliphatic rings. The van der Waals surface area contributed by atoms with Crippen molar-refractivity contribution in [3.63, 3.8) is 0 Å². The topological polar surface area (TPSA) is 46.3 Å². The number of anilines is 2. The normalized spacial score (nSPS) is 14.9. The third-order valence-electron chi connectivity index (χ3n) is 4.09. The van der Waals surface area contributed by atoms with Crippen molar-refractivity contribution in [2.24, 2.45) is 0 Å². The van der Waals surface area contributed by atoms with Gasteiger partial charge in [-0.3, -0.25) is 4.79 Å². The first-order valence-corrected chi connectivity index (χ1v) is 7.60. The summed E-state index contributed by atoms with van der Waals surface area (Å²) in [5.41, 5.74) is 8.75. The molecule has 0 bridgehead atoms. The highest BCUT2D eigenvalue weighted by Gasteiger charge is 2.16. The minimum Gasteiger partial charge on any atom is -0.397 e. The lowest BCUT2D eigenvalue weighted by Gasteiger charge is -2.30. The van der Waals surface area contributed by atoms with Crippen molar-refractivity contribution in [1.29, 1.82) is 0 Å². The van der Waals surface area contributed by atoms with Crippen molar-refractivity contribution in [2.75, 3.05) is 23.7 Å². The zero-order chi connectivity index (χ0) is 15.5. The van der Waals surface area contributed by atoms with Gasteiger partial charge in [-0.1, -0.05) is 0 Å². The SMILES string of the molecule is Nc1cc(C(=O)c2ccc(F)cc2)ccc1N1CCCCC1. The Morgan fingerprint density at radius 1 is 0.955 bits per heavy atom. The Labute approximate surface area is 129 Å². The average molecular weight is 298 g/mol. The van der Waals surface area contributed by atoms with Crippen molar-refractivity contribution in [2.45, 2.75) is 19.3 Å². The van der Waals surface area contributed by atoms with Crippen LogP contribution in [0.5, 0.6) is 0 Å². The van der Waals surface area contributed by atoms with Gasteiger partial charge in [0.2, 0.25) is 0 Å². The van der Waals surface area contributed by atoms with Crippen LogP contribution in [0, 0.1) is 5.82 Å². The van der Waals surface area contributed by atoms with E-state index < -0.39 is 0 Å². The van der Waals surface area contributed by atoms with Crippen LogP contribution in [-0.4, -0.2) is 18.9 Å². The highest BCUT2D eigenvalue weighted by molar-refractivity contribution is 6.09. The van der Waals surface area contributed by atoms with Crippen molar-refractivity contribution in [3.8, 4) is 0 Å². The van der Waals surface area contributed by atoms with Gasteiger partial charge in [0.05, 0.1) is 11.4 Å². The molecule has 0 aromatic heterocycles. The molecule has 0 saturated carbocycles. The van der Waals surface area contributed by atoms with E-state index in [2.05, 4.69) is 4.90 Å². The number of carbonyl (C=O) groups is 1. The largest absolute Gasteiger partial charge is 0.397 e. The van der Waals surface area contributed by atoms with Crippen molar-refractivity contribution >= 4 is 17.2 Å². The number of rotatable bonds is 3. The Kier molecular flexibility index (Phi) is 4.09. The maximum absolute atomic E-state index is 12.9. The lowest BCUT2D eigenvalue weighted by Crippen LogP contribution is -2.30. The second-order valence-electron chi connectivity index (χ2n) is 5.66. The summed E-state index contributed by atoms with van der Waals surface area (Å²) in [5.74, 6) is -0.492. The van der Waals surface area contributed by atoms with Gasteiger partial charge in [-0.2, -0.15) is 0 Å². The molecular formula is C18H19FN2O. The van der Waals surface area contributed by atoms with E-state index in [9.17, 15) is 9.18 Å². The second-order valence-corrected chi connectivity index (χ2v) is 5.66. The predicted molar refractivity (Wildman–Crippen MR) is 86.8 cm³/mol. The zero-order valence-corrected chi connectivity index (χ0v) is 12.4. The number of nitrogens with two attached hydrogens (primary N) is 1. The number of nitrogen functional groups attached to an aromatic ring is 1. The third kappa shape index (κ3) is 2.96. The van der Waals surface area contributed by atoms with Crippen LogP contribution in [0.25, 0.3) is 0 Å². The quantitative estimate of drug-likeness (QED) is 0.695. The molecule has 2 N–H and O–H groups in total. The van der Waals surface area contributed by atoms with Crippen molar-refractivity contribution in [1.82, 2.24) is 0 Å². The molecule has 1 saturated heterocycles. The summed E-state index contributed by atoms with van der Waals surface area (Å²) in [4.78, 5) is 14.7. The maximum atomic E-state index is 12.9. The van der Waals surface area contributed by atoms with Crippen LogP contribution in [0.4, 0.5) is 15.8 Å². The number of benzene rings is 2. The fourth-order valence-corrected chi connectivity index (χ4v) is 2.89. The summed E-state index contributed by atoms with van der Waals surface area (Å²) >= 11 is 0. The number of ketones is 1. The summed E-state index contributed by atoms with van der Waals surface area (Å²) < 4.78 is 12.9. The van der Waals surface area contributed by atoms with E-state index in [0.29, 0.717) is 16.8 Å². The van der Waals surface area contributed by atoms with Gasteiger partial charge >= 0.3 is 0 Å². The van der Waals surface area contributed by atoms with Crippen LogP contribution in [0.15, 0.2) is 42.5 Å². The average Bonchev–Trinajstić information content (AvgIpc) is 2.55. The molecule has 0 spiro atoms. The summed E-state index contributed by atoms with van der Waals surface area (Å²) in [6.07, 6.45) is 3.61. The lowest BCUT2D eigenvalue weighted by molar-refractivity contribution is 0.103. The fraction of sp³-hybridized carbons (Fsp3) is 0.278. The van der Waals surface area contributed by atoms with Gasteiger partial charge in [0.1, 0.15) is 5.82 Å². The van der Waals surface area contributed by atoms with E-state index in [4.69, 9.17) is 5.73 Å². The molecule has 3 rings (SSSR count). The first-order valence-electron chi connectivity index (χ1n) is 7.60. The van der Waals surface area contributed by atoms with Crippen LogP contribution < -0.4 is 10.6 Å². The molecule has 0 aliphatic carbocycles. The molecule has 1 aliphatic heterocycles. The molecule has 114 valence electrons. The van der Waals surface area contributed by atoms with Crippen LogP contribution in [0.1, 0.15) is 35.2 Å². The summed E-state index contributed by atoms with van der Waals surface area (Å²) in [7, 11) is 0. The van der Waals surface area contributed by atoms with Gasteiger partial charge < -0.3 is 10.6 Å². The Balaban J connectivity index is 1.84. The number of hydrogen-bond acceptors (Lipinski definition) is 3. The maximum Gasteiger partial charge on any atom is 0.193 e. The Morgan fingerprint density at radius 3 is 2.23 bits per heavy atom. The van der Waals surface area contributed by atoms with Crippen LogP contribution in [-0.2, 0) is 0 Å². The van der Waals surface area contributed by atoms with Gasteiger partial charge in [0, 0.05) is 24.2 Å². The predicted octanol–water partition coefficient (Wildman–Crippen LogP) is 3.63. The molecule has 4 heteroatoms. The van der Waals surface area contributed by atoms with Gasteiger partial charge in [-0.05, 0) is 61.7 Å². The van der Waals surface area contributed by atoms with Gasteiger partial charge in [0.15, 0.2) is 5.78 Å². The summed E-state index contributed by atoms with van der Waals surface area (Å²) in [6, 6.07) is 11.0. The second kappa shape index (κ2) is 6.18. The Hall–Kier alpha value is -2.36. The van der Waals surface area contributed by atoms with Crippen molar-refractivity contribution < 1.29 is 9.18 Å². The molecule has 1 fully saturated rings. The third-order valence-corrected chi connectivity index (χ3v) is 4.09. The van der Waals surface area contributed by atoms with Gasteiger partial charge in [-0.25, -0.2) is 4.39 Å². The van der Waals surface area contributed by atoms with Crippen LogP contribution in [0.2, 0.25) is 0 Å². The Morgan fingerprint density at radius 2 is 1.59 bits per heavy atom. The minimum atomic E-state index is -0.350. The molecular weight excluding hydrogens is 279 g/mol. The molecule has 0 atom stereocenters. The van der Waals surface area contributed by atoms with E-state index in [0.717, 1.165) is 18.8 Å². The molecule has 1 heterocycles. The molecule has 3 nitrogen and oxygen atoms in total. The summed E-state index contributed by atoms with van der Waals surface area (Å²) in [5, 5.41) is 0. The highest BCUT2D eigenvalue weighted by atomic mass is 19.1. The van der Waals surface area contributed by atoms with E-state index >= 15 is 0 Å². The molecule has 22 heavy (non-hydrogen) atoms. The number of piperidine rings is 1. The molecule has 0 unspecified atom stereocenters. The van der Waals surface area contributed by atoms with Crippen molar-refractivity contribution in [3.05, 3.63) is 59.4 Å². The molecule has 2 aromatic rings. The lowest BCUT2D eigenvalue weighted by atomic mass is 10.0. The van der Waals surface area contributed by atoms with Crippen LogP contribution >= 0.6 is 0 Å². The number of nitrogens with zero attached hydrogens (tertiary/aromatic N) is 1. The van der Waals surface area contributed by atoms with E-state index in [1.807, 2.05) is 6.07 Å². The van der Waals surface area contributed by atoms with E-state index in [1.54, 1.807) is 12.1 Å². The smallest absolute Gasteiger partial charge is 0.193 e. The standard InChI is InChI=1S/C18H19FN2O/c19-15-7-4-13(5-8-15)18(22)14-6-9-17(16(20)12-14)21-10-2-1-3-11-21/h4-9,12H,1-3,10-11,20H2. The number of hydrogen-bond donors (Lipinski definition) is 1.